The Morgan fingerprint density at radius 3 is 2.65 bits per heavy atom. The summed E-state index contributed by atoms with van der Waals surface area (Å²) >= 11 is 1.75. The van der Waals surface area contributed by atoms with Crippen molar-refractivity contribution in [3.8, 4) is 5.75 Å². The quantitative estimate of drug-likeness (QED) is 0.844. The van der Waals surface area contributed by atoms with Gasteiger partial charge >= 0.3 is 0 Å². The molecule has 2 aromatic rings. The fraction of sp³-hybridized carbons (Fsp3) is 0.308. The van der Waals surface area contributed by atoms with Crippen LogP contribution >= 0.6 is 11.8 Å². The molecule has 0 bridgehead atoms. The number of phenolic OH excluding ortho intramolecular Hbond substituents is 1. The zero-order valence-electron chi connectivity index (χ0n) is 10.1. The zero-order chi connectivity index (χ0) is 12.3. The first kappa shape index (κ1) is 12.0. The molecular weight excluding hydrogens is 232 g/mol. The first-order valence-electron chi connectivity index (χ1n) is 5.64. The number of nitrogens with zero attached hydrogens (tertiary/aromatic N) is 2. The van der Waals surface area contributed by atoms with Gasteiger partial charge in [-0.2, -0.15) is 5.10 Å². The predicted molar refractivity (Wildman–Crippen MR) is 70.3 cm³/mol. The summed E-state index contributed by atoms with van der Waals surface area (Å²) in [5.74, 6) is 1.21. The molecule has 4 heteroatoms. The number of hydrogen-bond acceptors (Lipinski definition) is 3. The van der Waals surface area contributed by atoms with Crippen LogP contribution in [0.15, 0.2) is 35.2 Å². The minimum absolute atomic E-state index is 0.309. The summed E-state index contributed by atoms with van der Waals surface area (Å²) < 4.78 is 2.03. The summed E-state index contributed by atoms with van der Waals surface area (Å²) in [6, 6.07) is 9.41. The molecule has 0 fully saturated rings. The lowest BCUT2D eigenvalue weighted by Crippen LogP contribution is -2.01. The maximum Gasteiger partial charge on any atom is 0.115 e. The van der Waals surface area contributed by atoms with Gasteiger partial charge in [0.2, 0.25) is 0 Å². The Labute approximate surface area is 105 Å². The van der Waals surface area contributed by atoms with Crippen LogP contribution in [-0.2, 0) is 12.3 Å². The maximum absolute atomic E-state index is 9.20. The SMILES string of the molecule is CCn1nc(C)cc1CSc1ccc(O)cc1. The molecule has 0 amide bonds. The summed E-state index contributed by atoms with van der Waals surface area (Å²) in [4.78, 5) is 1.16. The van der Waals surface area contributed by atoms with Crippen LogP contribution in [0, 0.1) is 6.92 Å². The molecule has 0 unspecified atom stereocenters. The summed E-state index contributed by atoms with van der Waals surface area (Å²) in [5.41, 5.74) is 2.30. The molecule has 90 valence electrons. The molecule has 0 radical (unpaired) electrons. The molecule has 0 spiro atoms. The summed E-state index contributed by atoms with van der Waals surface area (Å²) in [6.45, 7) is 5.02. The number of thioether (sulfide) groups is 1. The number of aromatic hydroxyl groups is 1. The largest absolute Gasteiger partial charge is 0.508 e. The lowest BCUT2D eigenvalue weighted by atomic mass is 10.3. The molecule has 0 aliphatic heterocycles. The molecule has 3 nitrogen and oxygen atoms in total. The second kappa shape index (κ2) is 5.27. The van der Waals surface area contributed by atoms with Crippen LogP contribution in [0.5, 0.6) is 5.75 Å². The Hall–Kier alpha value is -1.42. The third-order valence-electron chi connectivity index (χ3n) is 2.51. The molecule has 2 rings (SSSR count). The Kier molecular flexibility index (Phi) is 3.74. The first-order chi connectivity index (χ1) is 8.19. The average Bonchev–Trinajstić information content (AvgIpc) is 2.69. The van der Waals surface area contributed by atoms with Gasteiger partial charge in [-0.05, 0) is 44.2 Å². The molecular formula is C13H16N2OS. The van der Waals surface area contributed by atoms with Crippen molar-refractivity contribution in [3.63, 3.8) is 0 Å². The zero-order valence-corrected chi connectivity index (χ0v) is 10.9. The van der Waals surface area contributed by atoms with Crippen molar-refractivity contribution in [3.05, 3.63) is 41.7 Å². The van der Waals surface area contributed by atoms with Crippen molar-refractivity contribution in [2.45, 2.75) is 31.0 Å². The number of benzene rings is 1. The van der Waals surface area contributed by atoms with Gasteiger partial charge in [0.1, 0.15) is 5.75 Å². The minimum atomic E-state index is 0.309. The van der Waals surface area contributed by atoms with Gasteiger partial charge in [0, 0.05) is 22.9 Å². The molecule has 1 aromatic heterocycles. The number of aryl methyl sites for hydroxylation is 2. The summed E-state index contributed by atoms with van der Waals surface area (Å²) in [7, 11) is 0. The fourth-order valence-corrected chi connectivity index (χ4v) is 2.56. The molecule has 1 N–H and O–H groups in total. The molecule has 0 aliphatic rings. The van der Waals surface area contributed by atoms with E-state index in [1.54, 1.807) is 23.9 Å². The van der Waals surface area contributed by atoms with Gasteiger partial charge in [0.05, 0.1) is 5.69 Å². The molecule has 1 aromatic carbocycles. The van der Waals surface area contributed by atoms with E-state index >= 15 is 0 Å². The Morgan fingerprint density at radius 2 is 2.00 bits per heavy atom. The van der Waals surface area contributed by atoms with E-state index in [4.69, 9.17) is 0 Å². The standard InChI is InChI=1S/C13H16N2OS/c1-3-15-11(8-10(2)14-15)9-17-13-6-4-12(16)5-7-13/h4-8,16H,3,9H2,1-2H3. The average molecular weight is 248 g/mol. The highest BCUT2D eigenvalue weighted by Gasteiger charge is 2.04. The predicted octanol–water partition coefficient (Wildman–Crippen LogP) is 3.21. The van der Waals surface area contributed by atoms with E-state index in [0.717, 1.165) is 22.9 Å². The van der Waals surface area contributed by atoms with E-state index in [2.05, 4.69) is 18.1 Å². The normalized spacial score (nSPS) is 10.7. The van der Waals surface area contributed by atoms with Crippen molar-refractivity contribution >= 4 is 11.8 Å². The number of hydrogen-bond donors (Lipinski definition) is 1. The van der Waals surface area contributed by atoms with Crippen LogP contribution in [-0.4, -0.2) is 14.9 Å². The van der Waals surface area contributed by atoms with Gasteiger partial charge in [-0.1, -0.05) is 0 Å². The van der Waals surface area contributed by atoms with Crippen LogP contribution in [0.1, 0.15) is 18.3 Å². The number of rotatable bonds is 4. The Morgan fingerprint density at radius 1 is 1.29 bits per heavy atom. The van der Waals surface area contributed by atoms with Crippen LogP contribution in [0.4, 0.5) is 0 Å². The Balaban J connectivity index is 2.04. The third-order valence-corrected chi connectivity index (χ3v) is 3.55. The summed E-state index contributed by atoms with van der Waals surface area (Å²) in [5, 5.41) is 13.6. The smallest absolute Gasteiger partial charge is 0.115 e. The van der Waals surface area contributed by atoms with Crippen LogP contribution in [0.3, 0.4) is 0 Å². The van der Waals surface area contributed by atoms with Gasteiger partial charge in [-0.25, -0.2) is 0 Å². The van der Waals surface area contributed by atoms with E-state index in [1.165, 1.54) is 5.69 Å². The molecule has 0 saturated heterocycles. The fourth-order valence-electron chi connectivity index (χ4n) is 1.69. The van der Waals surface area contributed by atoms with E-state index in [9.17, 15) is 5.11 Å². The third kappa shape index (κ3) is 3.03. The van der Waals surface area contributed by atoms with E-state index < -0.39 is 0 Å². The topological polar surface area (TPSA) is 38.0 Å². The number of aromatic nitrogens is 2. The first-order valence-corrected chi connectivity index (χ1v) is 6.62. The van der Waals surface area contributed by atoms with Gasteiger partial charge in [-0.15, -0.1) is 11.8 Å². The lowest BCUT2D eigenvalue weighted by molar-refractivity contribution is 0.475. The Bertz CT molecular complexity index is 491. The van der Waals surface area contributed by atoms with Crippen molar-refractivity contribution < 1.29 is 5.11 Å². The van der Waals surface area contributed by atoms with Crippen molar-refractivity contribution in [2.75, 3.05) is 0 Å². The second-order valence-corrected chi connectivity index (χ2v) is 4.92. The highest BCUT2D eigenvalue weighted by atomic mass is 32.2. The van der Waals surface area contributed by atoms with E-state index in [0.29, 0.717) is 5.75 Å². The number of phenols is 1. The monoisotopic (exact) mass is 248 g/mol. The lowest BCUT2D eigenvalue weighted by Gasteiger charge is -2.04. The highest BCUT2D eigenvalue weighted by Crippen LogP contribution is 2.24. The molecule has 0 saturated carbocycles. The molecule has 1 heterocycles. The van der Waals surface area contributed by atoms with Gasteiger partial charge in [-0.3, -0.25) is 4.68 Å². The second-order valence-electron chi connectivity index (χ2n) is 3.88. The van der Waals surface area contributed by atoms with Gasteiger partial charge in [0.25, 0.3) is 0 Å². The van der Waals surface area contributed by atoms with Crippen molar-refractivity contribution in [1.82, 2.24) is 9.78 Å². The van der Waals surface area contributed by atoms with Crippen molar-refractivity contribution in [1.29, 1.82) is 0 Å². The van der Waals surface area contributed by atoms with Crippen LogP contribution in [0.2, 0.25) is 0 Å². The molecule has 0 atom stereocenters. The van der Waals surface area contributed by atoms with Crippen LogP contribution < -0.4 is 0 Å². The van der Waals surface area contributed by atoms with Crippen molar-refractivity contribution in [2.24, 2.45) is 0 Å². The van der Waals surface area contributed by atoms with E-state index in [-0.39, 0.29) is 0 Å². The van der Waals surface area contributed by atoms with Gasteiger partial charge in [0.15, 0.2) is 0 Å². The summed E-state index contributed by atoms with van der Waals surface area (Å²) in [6.07, 6.45) is 0. The molecule has 0 aliphatic carbocycles. The molecule has 17 heavy (non-hydrogen) atoms. The highest BCUT2D eigenvalue weighted by molar-refractivity contribution is 7.98. The van der Waals surface area contributed by atoms with E-state index in [1.807, 2.05) is 23.7 Å². The van der Waals surface area contributed by atoms with Crippen LogP contribution in [0.25, 0.3) is 0 Å². The van der Waals surface area contributed by atoms with Gasteiger partial charge < -0.3 is 5.11 Å². The maximum atomic E-state index is 9.20. The minimum Gasteiger partial charge on any atom is -0.508 e.